The van der Waals surface area contributed by atoms with Crippen LogP contribution in [0.2, 0.25) is 0 Å². The Morgan fingerprint density at radius 2 is 2.06 bits per heavy atom. The Morgan fingerprint density at radius 1 is 1.39 bits per heavy atom. The van der Waals surface area contributed by atoms with Gasteiger partial charge in [-0.3, -0.25) is 4.79 Å². The van der Waals surface area contributed by atoms with E-state index < -0.39 is 0 Å². The number of ketones is 1. The van der Waals surface area contributed by atoms with Crippen molar-refractivity contribution in [3.05, 3.63) is 48.6 Å². The van der Waals surface area contributed by atoms with E-state index in [0.717, 1.165) is 30.4 Å². The van der Waals surface area contributed by atoms with Crippen LogP contribution in [0.25, 0.3) is 0 Å². The van der Waals surface area contributed by atoms with Gasteiger partial charge in [-0.2, -0.15) is 0 Å². The molecule has 0 aliphatic heterocycles. The molecular formula is C17H24O. The Bertz CT molecular complexity index is 398. The summed E-state index contributed by atoms with van der Waals surface area (Å²) in [5.74, 6) is 0.957. The first-order valence-electron chi connectivity index (χ1n) is 6.62. The Kier molecular flexibility index (Phi) is 5.33. The summed E-state index contributed by atoms with van der Waals surface area (Å²) >= 11 is 0. The lowest BCUT2D eigenvalue weighted by Gasteiger charge is -2.34. The predicted octanol–water partition coefficient (Wildman–Crippen LogP) is 4.63. The average molecular weight is 244 g/mol. The largest absolute Gasteiger partial charge is 0.295 e. The number of hydrogen-bond donors (Lipinski definition) is 0. The molecule has 0 saturated heterocycles. The molecule has 98 valence electrons. The molecule has 0 saturated carbocycles. The minimum Gasteiger partial charge on any atom is -0.295 e. The van der Waals surface area contributed by atoms with Crippen LogP contribution in [0, 0.1) is 11.8 Å². The minimum atomic E-state index is 0.277. The molecule has 1 rings (SSSR count). The molecule has 1 aliphatic carbocycles. The Hall–Kier alpha value is -1.37. The van der Waals surface area contributed by atoms with Gasteiger partial charge in [-0.25, -0.2) is 0 Å². The molecule has 18 heavy (non-hydrogen) atoms. The highest BCUT2D eigenvalue weighted by molar-refractivity contribution is 5.97. The molecular weight excluding hydrogens is 220 g/mol. The monoisotopic (exact) mass is 244 g/mol. The molecule has 0 aromatic heterocycles. The van der Waals surface area contributed by atoms with Crippen LogP contribution in [0.3, 0.4) is 0 Å². The van der Waals surface area contributed by atoms with Crippen LogP contribution in [-0.4, -0.2) is 5.78 Å². The van der Waals surface area contributed by atoms with Crippen LogP contribution in [0.1, 0.15) is 39.5 Å². The summed E-state index contributed by atoms with van der Waals surface area (Å²) < 4.78 is 0. The highest BCUT2D eigenvalue weighted by atomic mass is 16.1. The van der Waals surface area contributed by atoms with Crippen molar-refractivity contribution < 1.29 is 4.79 Å². The summed E-state index contributed by atoms with van der Waals surface area (Å²) in [7, 11) is 0. The van der Waals surface area contributed by atoms with Crippen molar-refractivity contribution in [3.8, 4) is 0 Å². The molecule has 0 N–H and O–H groups in total. The molecule has 0 spiro atoms. The third-order valence-corrected chi connectivity index (χ3v) is 3.91. The Morgan fingerprint density at radius 3 is 2.56 bits per heavy atom. The molecule has 1 heteroatoms. The fourth-order valence-corrected chi connectivity index (χ4v) is 2.83. The summed E-state index contributed by atoms with van der Waals surface area (Å²) in [5.41, 5.74) is 3.36. The number of Topliss-reactive ketones (excluding diaryl/α,β-unsaturated/α-hetero) is 1. The number of carbonyl (C=O) groups excluding carboxylic acids is 1. The van der Waals surface area contributed by atoms with Crippen molar-refractivity contribution in [2.75, 3.05) is 0 Å². The molecule has 0 fully saturated rings. The fraction of sp³-hybridized carbons (Fsp3) is 0.471. The maximum atomic E-state index is 12.1. The van der Waals surface area contributed by atoms with E-state index in [9.17, 15) is 4.79 Å². The zero-order valence-electron chi connectivity index (χ0n) is 11.7. The van der Waals surface area contributed by atoms with Gasteiger partial charge >= 0.3 is 0 Å². The SMILES string of the molecule is C=CCCC1=C(C)C(=O)C[C@@H](C(=C)C)[C@@H]1CC=C. The van der Waals surface area contributed by atoms with Gasteiger partial charge in [0.1, 0.15) is 0 Å². The second-order valence-electron chi connectivity index (χ2n) is 5.19. The molecule has 1 nitrogen and oxygen atoms in total. The quantitative estimate of drug-likeness (QED) is 0.623. The lowest BCUT2D eigenvalue weighted by molar-refractivity contribution is -0.117. The first-order valence-corrected chi connectivity index (χ1v) is 6.62. The number of carbonyl (C=O) groups is 1. The van der Waals surface area contributed by atoms with Gasteiger partial charge in [-0.15, -0.1) is 13.2 Å². The predicted molar refractivity (Wildman–Crippen MR) is 78.4 cm³/mol. The zero-order valence-corrected chi connectivity index (χ0v) is 11.7. The van der Waals surface area contributed by atoms with Crippen molar-refractivity contribution in [2.45, 2.75) is 39.5 Å². The second-order valence-corrected chi connectivity index (χ2v) is 5.19. The van der Waals surface area contributed by atoms with Crippen molar-refractivity contribution in [3.63, 3.8) is 0 Å². The van der Waals surface area contributed by atoms with E-state index in [1.54, 1.807) is 0 Å². The van der Waals surface area contributed by atoms with Gasteiger partial charge < -0.3 is 0 Å². The number of hydrogen-bond acceptors (Lipinski definition) is 1. The van der Waals surface area contributed by atoms with Crippen molar-refractivity contribution in [2.24, 2.45) is 11.8 Å². The van der Waals surface area contributed by atoms with Crippen LogP contribution in [0.4, 0.5) is 0 Å². The normalized spacial score (nSPS) is 24.0. The van der Waals surface area contributed by atoms with Gasteiger partial charge in [0.15, 0.2) is 5.78 Å². The van der Waals surface area contributed by atoms with E-state index in [4.69, 9.17) is 0 Å². The van der Waals surface area contributed by atoms with Crippen LogP contribution < -0.4 is 0 Å². The topological polar surface area (TPSA) is 17.1 Å². The maximum Gasteiger partial charge on any atom is 0.159 e. The third kappa shape index (κ3) is 3.10. The molecule has 1 aliphatic rings. The smallest absolute Gasteiger partial charge is 0.159 e. The lowest BCUT2D eigenvalue weighted by Crippen LogP contribution is -2.28. The van der Waals surface area contributed by atoms with Gasteiger partial charge in [0, 0.05) is 6.42 Å². The summed E-state index contributed by atoms with van der Waals surface area (Å²) in [4.78, 5) is 12.1. The zero-order chi connectivity index (χ0) is 13.7. The summed E-state index contributed by atoms with van der Waals surface area (Å²) in [6, 6.07) is 0. The van der Waals surface area contributed by atoms with E-state index >= 15 is 0 Å². The maximum absolute atomic E-state index is 12.1. The molecule has 2 atom stereocenters. The van der Waals surface area contributed by atoms with Gasteiger partial charge in [0.05, 0.1) is 0 Å². The van der Waals surface area contributed by atoms with Crippen molar-refractivity contribution >= 4 is 5.78 Å². The molecule has 0 bridgehead atoms. The molecule has 0 unspecified atom stereocenters. The minimum absolute atomic E-state index is 0.277. The number of rotatable bonds is 6. The van der Waals surface area contributed by atoms with E-state index in [0.29, 0.717) is 12.3 Å². The van der Waals surface area contributed by atoms with Crippen molar-refractivity contribution in [1.82, 2.24) is 0 Å². The lowest BCUT2D eigenvalue weighted by atomic mass is 9.69. The summed E-state index contributed by atoms with van der Waals surface area (Å²) in [5, 5.41) is 0. The molecule has 0 amide bonds. The third-order valence-electron chi connectivity index (χ3n) is 3.91. The van der Waals surface area contributed by atoms with E-state index in [-0.39, 0.29) is 11.7 Å². The van der Waals surface area contributed by atoms with Crippen LogP contribution >= 0.6 is 0 Å². The van der Waals surface area contributed by atoms with Gasteiger partial charge in [-0.05, 0) is 50.5 Å². The summed E-state index contributed by atoms with van der Waals surface area (Å²) in [6.07, 6.45) is 7.27. The van der Waals surface area contributed by atoms with Gasteiger partial charge in [0.25, 0.3) is 0 Å². The Balaban J connectivity index is 3.12. The van der Waals surface area contributed by atoms with Gasteiger partial charge in [0.2, 0.25) is 0 Å². The molecule has 0 aromatic rings. The van der Waals surface area contributed by atoms with E-state index in [1.165, 1.54) is 5.57 Å². The second kappa shape index (κ2) is 6.53. The first kappa shape index (κ1) is 14.7. The average Bonchev–Trinajstić information content (AvgIpc) is 2.33. The standard InChI is InChI=1S/C17H24O/c1-6-8-10-14-13(5)17(18)11-16(12(3)4)15(14)9-7-2/h6-7,15-16H,1-3,8-11H2,4-5H3/t15-,16+/m1/s1. The fourth-order valence-electron chi connectivity index (χ4n) is 2.83. The first-order chi connectivity index (χ1) is 8.52. The van der Waals surface area contributed by atoms with Crippen LogP contribution in [0.15, 0.2) is 48.6 Å². The highest BCUT2D eigenvalue weighted by Gasteiger charge is 2.33. The van der Waals surface area contributed by atoms with Crippen LogP contribution in [0.5, 0.6) is 0 Å². The van der Waals surface area contributed by atoms with Crippen molar-refractivity contribution in [1.29, 1.82) is 0 Å². The molecule has 0 aromatic carbocycles. The number of allylic oxidation sites excluding steroid dienone is 5. The summed E-state index contributed by atoms with van der Waals surface area (Å²) in [6.45, 7) is 15.7. The van der Waals surface area contributed by atoms with Crippen LogP contribution in [-0.2, 0) is 4.79 Å². The Labute approximate surface area is 111 Å². The van der Waals surface area contributed by atoms with E-state index in [1.807, 2.05) is 26.0 Å². The van der Waals surface area contributed by atoms with Gasteiger partial charge in [-0.1, -0.05) is 29.9 Å². The van der Waals surface area contributed by atoms with E-state index in [2.05, 4.69) is 19.7 Å². The molecule has 0 heterocycles. The molecule has 0 radical (unpaired) electrons. The highest BCUT2D eigenvalue weighted by Crippen LogP contribution is 2.40.